The van der Waals surface area contributed by atoms with Crippen LogP contribution in [-0.2, 0) is 16.6 Å². The summed E-state index contributed by atoms with van der Waals surface area (Å²) in [5.41, 5.74) is 4.97. The highest BCUT2D eigenvalue weighted by atomic mass is 16.2. The van der Waals surface area contributed by atoms with Gasteiger partial charge in [0.1, 0.15) is 11.4 Å². The van der Waals surface area contributed by atoms with Crippen LogP contribution < -0.4 is 0 Å². The molecular formula is C30H31N5O2. The maximum Gasteiger partial charge on any atom is 0.256 e. The quantitative estimate of drug-likeness (QED) is 0.518. The van der Waals surface area contributed by atoms with Gasteiger partial charge in [0.25, 0.3) is 5.91 Å². The third-order valence-electron chi connectivity index (χ3n) is 8.31. The third kappa shape index (κ3) is 4.06. The first kappa shape index (κ1) is 22.5. The van der Waals surface area contributed by atoms with Crippen LogP contribution in [0.1, 0.15) is 37.7 Å². The van der Waals surface area contributed by atoms with Gasteiger partial charge in [-0.25, -0.2) is 0 Å². The van der Waals surface area contributed by atoms with Crippen molar-refractivity contribution in [2.75, 3.05) is 19.6 Å². The number of rotatable bonds is 6. The smallest absolute Gasteiger partial charge is 0.256 e. The van der Waals surface area contributed by atoms with Gasteiger partial charge in [-0.05, 0) is 54.7 Å². The monoisotopic (exact) mass is 493 g/mol. The van der Waals surface area contributed by atoms with Crippen LogP contribution in [0.3, 0.4) is 0 Å². The molecule has 2 aliphatic carbocycles. The van der Waals surface area contributed by atoms with E-state index < -0.39 is 5.54 Å². The number of nitrogens with zero attached hydrogens (tertiary/aromatic N) is 5. The molecule has 3 heterocycles. The van der Waals surface area contributed by atoms with Gasteiger partial charge in [0.05, 0.1) is 6.20 Å². The van der Waals surface area contributed by atoms with Crippen molar-refractivity contribution >= 4 is 17.6 Å². The van der Waals surface area contributed by atoms with Gasteiger partial charge < -0.3 is 4.90 Å². The molecule has 7 heteroatoms. The molecule has 7 nitrogen and oxygen atoms in total. The van der Waals surface area contributed by atoms with Gasteiger partial charge in [-0.2, -0.15) is 5.10 Å². The highest BCUT2D eigenvalue weighted by Gasteiger charge is 2.57. The average Bonchev–Trinajstić information content (AvgIpc) is 3.81. The van der Waals surface area contributed by atoms with Crippen molar-refractivity contribution in [3.63, 3.8) is 0 Å². The summed E-state index contributed by atoms with van der Waals surface area (Å²) < 4.78 is 1.81. The minimum absolute atomic E-state index is 0.143. The number of hydrogen-bond donors (Lipinski definition) is 0. The lowest BCUT2D eigenvalue weighted by atomic mass is 10.0. The molecule has 0 bridgehead atoms. The van der Waals surface area contributed by atoms with Crippen molar-refractivity contribution in [3.05, 3.63) is 66.5 Å². The summed E-state index contributed by atoms with van der Waals surface area (Å²) >= 11 is 0. The van der Waals surface area contributed by atoms with Gasteiger partial charge in [0.2, 0.25) is 5.91 Å². The molecule has 37 heavy (non-hydrogen) atoms. The fraction of sp³-hybridized carbons (Fsp3) is 0.400. The number of amidine groups is 1. The topological polar surface area (TPSA) is 70.8 Å². The highest BCUT2D eigenvalue weighted by Crippen LogP contribution is 2.46. The van der Waals surface area contributed by atoms with E-state index in [1.165, 1.54) is 0 Å². The first-order valence-electron chi connectivity index (χ1n) is 13.4. The van der Waals surface area contributed by atoms with E-state index in [4.69, 9.17) is 4.99 Å². The predicted molar refractivity (Wildman–Crippen MR) is 142 cm³/mol. The molecule has 3 fully saturated rings. The summed E-state index contributed by atoms with van der Waals surface area (Å²) in [6.07, 6.45) is 8.59. The Morgan fingerprint density at radius 2 is 1.54 bits per heavy atom. The van der Waals surface area contributed by atoms with Gasteiger partial charge in [-0.15, -0.1) is 0 Å². The van der Waals surface area contributed by atoms with Crippen LogP contribution in [0.4, 0.5) is 0 Å². The summed E-state index contributed by atoms with van der Waals surface area (Å²) in [6, 6.07) is 16.9. The van der Waals surface area contributed by atoms with Crippen LogP contribution >= 0.6 is 0 Å². The van der Waals surface area contributed by atoms with Crippen molar-refractivity contribution in [1.29, 1.82) is 0 Å². The summed E-state index contributed by atoms with van der Waals surface area (Å²) in [5, 5.41) is 4.26. The van der Waals surface area contributed by atoms with Crippen LogP contribution in [0.25, 0.3) is 22.3 Å². The Morgan fingerprint density at radius 3 is 2.11 bits per heavy atom. The second-order valence-corrected chi connectivity index (χ2v) is 11.2. The average molecular weight is 494 g/mol. The second kappa shape index (κ2) is 8.40. The Kier molecular flexibility index (Phi) is 5.10. The van der Waals surface area contributed by atoms with E-state index in [9.17, 15) is 9.59 Å². The molecule has 2 aromatic carbocycles. The van der Waals surface area contributed by atoms with E-state index >= 15 is 0 Å². The van der Waals surface area contributed by atoms with Gasteiger partial charge in [0.15, 0.2) is 0 Å². The number of aliphatic imine (C=N–C) groups is 1. The zero-order valence-corrected chi connectivity index (χ0v) is 21.1. The van der Waals surface area contributed by atoms with E-state index in [1.807, 2.05) is 33.9 Å². The normalized spacial score (nSPS) is 22.1. The molecule has 0 unspecified atom stereocenters. The van der Waals surface area contributed by atoms with E-state index in [1.54, 1.807) is 0 Å². The van der Waals surface area contributed by atoms with Gasteiger partial charge in [-0.3, -0.25) is 24.2 Å². The second-order valence-electron chi connectivity index (χ2n) is 11.2. The number of carbonyl (C=O) groups is 2. The molecule has 1 spiro atoms. The lowest BCUT2D eigenvalue weighted by molar-refractivity contribution is -0.131. The molecule has 2 amide bonds. The van der Waals surface area contributed by atoms with Gasteiger partial charge in [0, 0.05) is 49.9 Å². The molecule has 7 rings (SSSR count). The van der Waals surface area contributed by atoms with Crippen LogP contribution in [-0.4, -0.2) is 62.4 Å². The van der Waals surface area contributed by atoms with Crippen LogP contribution in [0, 0.1) is 11.8 Å². The number of benzene rings is 2. The third-order valence-corrected chi connectivity index (χ3v) is 8.31. The molecule has 1 atom stereocenters. The van der Waals surface area contributed by atoms with Crippen molar-refractivity contribution in [2.24, 2.45) is 23.9 Å². The van der Waals surface area contributed by atoms with Gasteiger partial charge >= 0.3 is 0 Å². The Labute approximate surface area is 216 Å². The molecule has 188 valence electrons. The number of carbonyl (C=O) groups excluding carboxylic acids is 2. The first-order chi connectivity index (χ1) is 18.0. The molecule has 1 saturated heterocycles. The van der Waals surface area contributed by atoms with Crippen LogP contribution in [0.2, 0.25) is 0 Å². The lowest BCUT2D eigenvalue weighted by Crippen LogP contribution is -2.40. The minimum Gasteiger partial charge on any atom is -0.342 e. The van der Waals surface area contributed by atoms with E-state index in [2.05, 4.69) is 53.6 Å². The Balaban J connectivity index is 1.08. The van der Waals surface area contributed by atoms with E-state index in [0.717, 1.165) is 78.8 Å². The fourth-order valence-electron chi connectivity index (χ4n) is 5.76. The SMILES string of the molecule is Cn1cc(-c2ccc(-c3ccc(C4=NC5(CC5)C(=O)N4C[C@@H]4CCN(C(=O)C5CC5)C4)cc3)cc2)cn1. The summed E-state index contributed by atoms with van der Waals surface area (Å²) in [4.78, 5) is 34.8. The van der Waals surface area contributed by atoms with Crippen LogP contribution in [0.5, 0.6) is 0 Å². The molecule has 0 radical (unpaired) electrons. The molecule has 3 aromatic rings. The summed E-state index contributed by atoms with van der Waals surface area (Å²) in [6.45, 7) is 2.21. The largest absolute Gasteiger partial charge is 0.342 e. The van der Waals surface area contributed by atoms with Crippen LogP contribution in [0.15, 0.2) is 65.9 Å². The number of likely N-dealkylation sites (tertiary alicyclic amines) is 1. The number of aromatic nitrogens is 2. The summed E-state index contributed by atoms with van der Waals surface area (Å²) in [5.74, 6) is 1.82. The summed E-state index contributed by atoms with van der Waals surface area (Å²) in [7, 11) is 1.92. The number of amides is 2. The minimum atomic E-state index is -0.530. The molecule has 1 aromatic heterocycles. The Morgan fingerprint density at radius 1 is 0.919 bits per heavy atom. The van der Waals surface area contributed by atoms with Crippen molar-refractivity contribution in [2.45, 2.75) is 37.6 Å². The molecule has 4 aliphatic rings. The number of hydrogen-bond acceptors (Lipinski definition) is 4. The Hall–Kier alpha value is -3.74. The van der Waals surface area contributed by atoms with Crippen molar-refractivity contribution < 1.29 is 9.59 Å². The molecule has 2 aliphatic heterocycles. The first-order valence-corrected chi connectivity index (χ1v) is 13.4. The van der Waals surface area contributed by atoms with Crippen molar-refractivity contribution in [1.82, 2.24) is 19.6 Å². The maximum absolute atomic E-state index is 13.4. The zero-order chi connectivity index (χ0) is 25.1. The predicted octanol–water partition coefficient (Wildman–Crippen LogP) is 4.13. The number of aryl methyl sites for hydroxylation is 1. The van der Waals surface area contributed by atoms with Gasteiger partial charge in [-0.1, -0.05) is 48.5 Å². The highest BCUT2D eigenvalue weighted by molar-refractivity contribution is 6.16. The van der Waals surface area contributed by atoms with E-state index in [-0.39, 0.29) is 11.8 Å². The molecular weight excluding hydrogens is 462 g/mol. The van der Waals surface area contributed by atoms with E-state index in [0.29, 0.717) is 18.4 Å². The Bertz CT molecular complexity index is 1400. The lowest BCUT2D eigenvalue weighted by Gasteiger charge is -2.23. The molecule has 2 saturated carbocycles. The zero-order valence-electron chi connectivity index (χ0n) is 21.1. The molecule has 0 N–H and O–H groups in total. The fourth-order valence-corrected chi connectivity index (χ4v) is 5.76. The van der Waals surface area contributed by atoms with Crippen molar-refractivity contribution in [3.8, 4) is 22.3 Å². The standard InChI is InChI=1S/C30H31N5O2/c1-33-19-26(16-31-33)23-4-2-21(3-5-23)22-6-8-24(9-7-22)27-32-30(13-14-30)29(37)35(27)18-20-12-15-34(17-20)28(36)25-10-11-25/h2-9,16,19-20,25H,10-15,17-18H2,1H3/t20-/m1/s1. The maximum atomic E-state index is 13.4.